The van der Waals surface area contributed by atoms with Gasteiger partial charge in [0.2, 0.25) is 11.8 Å². The summed E-state index contributed by atoms with van der Waals surface area (Å²) in [5.41, 5.74) is 0.870. The van der Waals surface area contributed by atoms with E-state index in [1.807, 2.05) is 11.9 Å². The number of ether oxygens (including phenoxy) is 1. The van der Waals surface area contributed by atoms with Gasteiger partial charge in [-0.3, -0.25) is 9.69 Å². The Hall–Kier alpha value is -2.32. The second-order valence-corrected chi connectivity index (χ2v) is 6.15. The Morgan fingerprint density at radius 3 is 2.84 bits per heavy atom. The van der Waals surface area contributed by atoms with Crippen LogP contribution in [-0.4, -0.2) is 59.1 Å². The molecule has 0 spiro atoms. The summed E-state index contributed by atoms with van der Waals surface area (Å²) in [5, 5.41) is 3.83. The van der Waals surface area contributed by atoms with E-state index >= 15 is 0 Å². The van der Waals surface area contributed by atoms with Crippen molar-refractivity contribution in [2.24, 2.45) is 0 Å². The van der Waals surface area contributed by atoms with E-state index < -0.39 is 0 Å². The van der Waals surface area contributed by atoms with Gasteiger partial charge in [0.25, 0.3) is 0 Å². The molecule has 0 N–H and O–H groups in total. The molecule has 1 saturated heterocycles. The van der Waals surface area contributed by atoms with Crippen LogP contribution >= 0.6 is 0 Å². The Balaban J connectivity index is 1.55. The van der Waals surface area contributed by atoms with E-state index in [1.54, 1.807) is 24.0 Å². The topological polar surface area (TPSA) is 71.7 Å². The maximum Gasteiger partial charge on any atom is 0.236 e. The fraction of sp³-hybridized carbons (Fsp3) is 0.471. The number of nitrogens with zero attached hydrogens (tertiary/aromatic N) is 4. The van der Waals surface area contributed by atoms with Crippen molar-refractivity contribution in [1.82, 2.24) is 19.9 Å². The smallest absolute Gasteiger partial charge is 0.236 e. The minimum atomic E-state index is -0.286. The Bertz CT molecular complexity index is 719. The molecule has 25 heavy (non-hydrogen) atoms. The number of rotatable bonds is 5. The van der Waals surface area contributed by atoms with Crippen molar-refractivity contribution < 1.29 is 18.4 Å². The highest BCUT2D eigenvalue weighted by Gasteiger charge is 2.26. The number of carbonyl (C=O) groups excluding carboxylic acids is 1. The molecular weight excluding hydrogens is 327 g/mol. The van der Waals surface area contributed by atoms with Gasteiger partial charge in [0.15, 0.2) is 5.82 Å². The molecule has 0 saturated carbocycles. The van der Waals surface area contributed by atoms with Crippen LogP contribution in [0.25, 0.3) is 0 Å². The average molecular weight is 348 g/mol. The zero-order valence-electron chi connectivity index (χ0n) is 14.3. The van der Waals surface area contributed by atoms with Gasteiger partial charge in [-0.05, 0) is 24.7 Å². The molecule has 1 aromatic carbocycles. The van der Waals surface area contributed by atoms with E-state index in [9.17, 15) is 9.18 Å². The normalized spacial score (nSPS) is 17.9. The standard InChI is InChI=1S/C17H21FN4O3/c1-12-19-16(20-25-12)10-21(2)11-17(23)22-7-8-24-15(9-22)13-3-5-14(18)6-4-13/h3-6,15H,7-11H2,1-2H3/t15-/m0/s1. The van der Waals surface area contributed by atoms with Crippen LogP contribution in [0.5, 0.6) is 0 Å². The lowest BCUT2D eigenvalue weighted by atomic mass is 10.1. The maximum absolute atomic E-state index is 13.1. The molecule has 134 valence electrons. The maximum atomic E-state index is 13.1. The summed E-state index contributed by atoms with van der Waals surface area (Å²) in [7, 11) is 1.83. The second-order valence-electron chi connectivity index (χ2n) is 6.15. The Kier molecular flexibility index (Phi) is 5.40. The van der Waals surface area contributed by atoms with E-state index in [-0.39, 0.29) is 24.4 Å². The number of likely N-dealkylation sites (N-methyl/N-ethyl adjacent to an activating group) is 1. The highest BCUT2D eigenvalue weighted by atomic mass is 19.1. The third-order valence-corrected chi connectivity index (χ3v) is 4.05. The van der Waals surface area contributed by atoms with E-state index in [2.05, 4.69) is 10.1 Å². The molecule has 1 aliphatic rings. The van der Waals surface area contributed by atoms with Gasteiger partial charge in [0.1, 0.15) is 11.9 Å². The minimum Gasteiger partial charge on any atom is -0.370 e. The molecule has 1 fully saturated rings. The molecule has 0 bridgehead atoms. The van der Waals surface area contributed by atoms with Crippen molar-refractivity contribution in [3.05, 3.63) is 47.4 Å². The summed E-state index contributed by atoms with van der Waals surface area (Å²) in [6.45, 7) is 3.89. The molecule has 0 radical (unpaired) electrons. The number of morpholine rings is 1. The van der Waals surface area contributed by atoms with Gasteiger partial charge >= 0.3 is 0 Å². The average Bonchev–Trinajstić information content (AvgIpc) is 3.00. The SMILES string of the molecule is Cc1nc(CN(C)CC(=O)N2CCO[C@H](c3ccc(F)cc3)C2)no1. The molecule has 1 atom stereocenters. The van der Waals surface area contributed by atoms with Gasteiger partial charge in [-0.15, -0.1) is 0 Å². The van der Waals surface area contributed by atoms with Gasteiger partial charge < -0.3 is 14.2 Å². The summed E-state index contributed by atoms with van der Waals surface area (Å²) in [6, 6.07) is 6.19. The van der Waals surface area contributed by atoms with Gasteiger partial charge in [-0.1, -0.05) is 17.3 Å². The zero-order valence-corrected chi connectivity index (χ0v) is 14.3. The number of aryl methyl sites for hydroxylation is 1. The van der Waals surface area contributed by atoms with Crippen molar-refractivity contribution in [3.63, 3.8) is 0 Å². The van der Waals surface area contributed by atoms with Crippen LogP contribution < -0.4 is 0 Å². The Morgan fingerprint density at radius 2 is 2.16 bits per heavy atom. The van der Waals surface area contributed by atoms with Gasteiger partial charge in [0, 0.05) is 13.5 Å². The van der Waals surface area contributed by atoms with Gasteiger partial charge in [-0.25, -0.2) is 4.39 Å². The minimum absolute atomic E-state index is 0.0122. The lowest BCUT2D eigenvalue weighted by Crippen LogP contribution is -2.46. The third-order valence-electron chi connectivity index (χ3n) is 4.05. The number of benzene rings is 1. The van der Waals surface area contributed by atoms with Crippen LogP contribution in [0.3, 0.4) is 0 Å². The third kappa shape index (κ3) is 4.61. The first-order valence-electron chi connectivity index (χ1n) is 8.14. The summed E-state index contributed by atoms with van der Waals surface area (Å²) in [5.74, 6) is 0.785. The predicted octanol–water partition coefficient (Wildman–Crippen LogP) is 1.55. The molecule has 2 aromatic rings. The van der Waals surface area contributed by atoms with Crippen LogP contribution in [0.2, 0.25) is 0 Å². The van der Waals surface area contributed by atoms with E-state index in [0.717, 1.165) is 5.56 Å². The first-order valence-corrected chi connectivity index (χ1v) is 8.14. The lowest BCUT2D eigenvalue weighted by molar-refractivity contribution is -0.140. The number of hydrogen-bond donors (Lipinski definition) is 0. The van der Waals surface area contributed by atoms with Crippen molar-refractivity contribution in [2.75, 3.05) is 33.3 Å². The van der Waals surface area contributed by atoms with Crippen LogP contribution in [-0.2, 0) is 16.1 Å². The van der Waals surface area contributed by atoms with Gasteiger partial charge in [0.05, 0.1) is 26.2 Å². The monoisotopic (exact) mass is 348 g/mol. The summed E-state index contributed by atoms with van der Waals surface area (Å²) < 4.78 is 23.7. The molecule has 2 heterocycles. The summed E-state index contributed by atoms with van der Waals surface area (Å²) >= 11 is 0. The predicted molar refractivity (Wildman–Crippen MR) is 87.0 cm³/mol. The second kappa shape index (κ2) is 7.71. The molecular formula is C17H21FN4O3. The van der Waals surface area contributed by atoms with Crippen LogP contribution in [0.4, 0.5) is 4.39 Å². The number of aromatic nitrogens is 2. The quantitative estimate of drug-likeness (QED) is 0.816. The zero-order chi connectivity index (χ0) is 17.8. The molecule has 0 aliphatic carbocycles. The molecule has 0 unspecified atom stereocenters. The number of halogens is 1. The Morgan fingerprint density at radius 1 is 1.40 bits per heavy atom. The molecule has 7 nitrogen and oxygen atoms in total. The molecule has 1 aromatic heterocycles. The largest absolute Gasteiger partial charge is 0.370 e. The van der Waals surface area contributed by atoms with E-state index in [4.69, 9.17) is 9.26 Å². The summed E-state index contributed by atoms with van der Waals surface area (Å²) in [4.78, 5) is 20.3. The highest BCUT2D eigenvalue weighted by molar-refractivity contribution is 5.78. The first kappa shape index (κ1) is 17.5. The molecule has 1 amide bonds. The summed E-state index contributed by atoms with van der Waals surface area (Å²) in [6.07, 6.45) is -0.233. The van der Waals surface area contributed by atoms with Crippen molar-refractivity contribution in [1.29, 1.82) is 0 Å². The molecule has 1 aliphatic heterocycles. The van der Waals surface area contributed by atoms with Crippen molar-refractivity contribution >= 4 is 5.91 Å². The van der Waals surface area contributed by atoms with Crippen LogP contribution in [0, 0.1) is 12.7 Å². The van der Waals surface area contributed by atoms with E-state index in [1.165, 1.54) is 12.1 Å². The molecule has 3 rings (SSSR count). The Labute approximate surface area is 145 Å². The lowest BCUT2D eigenvalue weighted by Gasteiger charge is -2.34. The molecule has 8 heteroatoms. The first-order chi connectivity index (χ1) is 12.0. The van der Waals surface area contributed by atoms with E-state index in [0.29, 0.717) is 38.0 Å². The highest BCUT2D eigenvalue weighted by Crippen LogP contribution is 2.22. The number of hydrogen-bond acceptors (Lipinski definition) is 6. The van der Waals surface area contributed by atoms with Crippen molar-refractivity contribution in [2.45, 2.75) is 19.6 Å². The van der Waals surface area contributed by atoms with Crippen LogP contribution in [0.1, 0.15) is 23.4 Å². The van der Waals surface area contributed by atoms with Crippen LogP contribution in [0.15, 0.2) is 28.8 Å². The fourth-order valence-electron chi connectivity index (χ4n) is 2.79. The number of carbonyl (C=O) groups is 1. The van der Waals surface area contributed by atoms with Crippen molar-refractivity contribution in [3.8, 4) is 0 Å². The number of amides is 1. The van der Waals surface area contributed by atoms with Gasteiger partial charge in [-0.2, -0.15) is 4.98 Å². The fourth-order valence-corrected chi connectivity index (χ4v) is 2.79.